The van der Waals surface area contributed by atoms with Gasteiger partial charge >= 0.3 is 19.8 Å². The zero-order valence-electron chi connectivity index (χ0n) is 27.4. The Balaban J connectivity index is 1.70. The van der Waals surface area contributed by atoms with E-state index in [4.69, 9.17) is 39.2 Å². The molecule has 3 rings (SSSR count). The lowest BCUT2D eigenvalue weighted by atomic mass is 10.1. The minimum absolute atomic E-state index is 0.0255. The summed E-state index contributed by atoms with van der Waals surface area (Å²) in [5.41, 5.74) is 0.496. The topological polar surface area (TPSA) is 140 Å². The number of amides is 2. The number of benzene rings is 3. The average molecular weight is 683 g/mol. The number of ether oxygens (including phenoxy) is 5. The molecule has 0 saturated carbocycles. The number of hydrogen-bond acceptors (Lipinski definition) is 10. The Labute approximate surface area is 281 Å². The van der Waals surface area contributed by atoms with Crippen LogP contribution in [0.1, 0.15) is 26.3 Å². The van der Waals surface area contributed by atoms with Gasteiger partial charge in [-0.25, -0.2) is 14.2 Å². The molecule has 13 heteroatoms. The molecule has 2 amide bonds. The Morgan fingerprint density at radius 3 is 1.79 bits per heavy atom. The summed E-state index contributed by atoms with van der Waals surface area (Å²) in [7, 11) is -4.19. The van der Waals surface area contributed by atoms with Crippen molar-refractivity contribution in [3.8, 4) is 23.8 Å². The third-order valence-electron chi connectivity index (χ3n) is 6.04. The smallest absolute Gasteiger partial charge is 0.447 e. The second-order valence-corrected chi connectivity index (χ2v) is 13.2. The number of alkyl carbamates (subject to hydrolysis) is 1. The van der Waals surface area contributed by atoms with Crippen molar-refractivity contribution in [2.24, 2.45) is 0 Å². The van der Waals surface area contributed by atoms with E-state index in [0.717, 1.165) is 0 Å². The Bertz CT molecular complexity index is 1430. The summed E-state index contributed by atoms with van der Waals surface area (Å²) < 4.78 is 53.3. The van der Waals surface area contributed by atoms with Crippen LogP contribution in [-0.2, 0) is 34.7 Å². The molecule has 0 aliphatic heterocycles. The van der Waals surface area contributed by atoms with Gasteiger partial charge in [-0.2, -0.15) is 0 Å². The predicted molar refractivity (Wildman–Crippen MR) is 181 cm³/mol. The predicted octanol–water partition coefficient (Wildman–Crippen LogP) is 6.66. The number of carbonyl (C=O) groups excluding carboxylic acids is 2. The van der Waals surface area contributed by atoms with E-state index in [9.17, 15) is 14.2 Å². The maximum Gasteiger partial charge on any atom is 0.453 e. The van der Waals surface area contributed by atoms with Crippen molar-refractivity contribution >= 4 is 25.5 Å². The molecule has 0 bridgehead atoms. The Kier molecular flexibility index (Phi) is 15.8. The Morgan fingerprint density at radius 1 is 0.750 bits per heavy atom. The molecule has 3 aromatic carbocycles. The van der Waals surface area contributed by atoms with E-state index in [1.54, 1.807) is 106 Å². The van der Waals surface area contributed by atoms with Gasteiger partial charge in [-0.15, -0.1) is 6.42 Å². The number of rotatable bonds is 19. The number of terminal acetylenes is 1. The number of anilines is 1. The van der Waals surface area contributed by atoms with Gasteiger partial charge in [0.05, 0.1) is 33.0 Å². The summed E-state index contributed by atoms with van der Waals surface area (Å²) >= 11 is 0. The molecule has 2 N–H and O–H groups in total. The van der Waals surface area contributed by atoms with Gasteiger partial charge in [0.15, 0.2) is 5.78 Å². The average Bonchev–Trinajstić information content (AvgIpc) is 3.04. The fraction of sp³-hybridized carbons (Fsp3) is 0.371. The molecule has 48 heavy (non-hydrogen) atoms. The van der Waals surface area contributed by atoms with Crippen LogP contribution in [0.2, 0.25) is 0 Å². The third-order valence-corrected chi connectivity index (χ3v) is 8.04. The highest BCUT2D eigenvalue weighted by molar-refractivity contribution is 7.55. The molecule has 258 valence electrons. The number of nitrogens with one attached hydrogen (secondary N) is 2. The second kappa shape index (κ2) is 20.0. The monoisotopic (exact) mass is 682 g/mol. The van der Waals surface area contributed by atoms with Gasteiger partial charge in [0.1, 0.15) is 30.3 Å². The molecule has 3 aromatic rings. The van der Waals surface area contributed by atoms with Gasteiger partial charge in [0, 0.05) is 12.1 Å². The lowest BCUT2D eigenvalue weighted by Gasteiger charge is -2.28. The number of hydrogen-bond donors (Lipinski definition) is 2. The van der Waals surface area contributed by atoms with Crippen LogP contribution >= 0.6 is 7.60 Å². The molecule has 1 unspecified atom stereocenters. The van der Waals surface area contributed by atoms with Crippen molar-refractivity contribution in [1.82, 2.24) is 5.32 Å². The minimum Gasteiger partial charge on any atom is -0.447 e. The van der Waals surface area contributed by atoms with Gasteiger partial charge in [0.2, 0.25) is 0 Å². The fourth-order valence-electron chi connectivity index (χ4n) is 3.96. The van der Waals surface area contributed by atoms with E-state index in [1.165, 1.54) is 0 Å². The van der Waals surface area contributed by atoms with Crippen molar-refractivity contribution < 1.29 is 46.9 Å². The molecular formula is C35H43N2O10P. The first-order valence-corrected chi connectivity index (χ1v) is 17.0. The SMILES string of the molecule is C#CCOCCOCCOCCOC(=O)NC(Cc1ccc(NC(=O)OC(C)(C)C)cc1)P(=O)(Oc1ccccc1)Oc1ccccc1. The molecule has 0 heterocycles. The van der Waals surface area contributed by atoms with Gasteiger partial charge in [0.25, 0.3) is 0 Å². The van der Waals surface area contributed by atoms with E-state index in [1.807, 2.05) is 0 Å². The van der Waals surface area contributed by atoms with Crippen LogP contribution in [0.15, 0.2) is 84.9 Å². The molecule has 1 atom stereocenters. The highest BCUT2D eigenvalue weighted by atomic mass is 31.2. The highest BCUT2D eigenvalue weighted by Crippen LogP contribution is 2.53. The van der Waals surface area contributed by atoms with Crippen LogP contribution in [0.25, 0.3) is 0 Å². The lowest BCUT2D eigenvalue weighted by molar-refractivity contribution is 0.00977. The first-order valence-electron chi connectivity index (χ1n) is 15.3. The quantitative estimate of drug-likeness (QED) is 0.0801. The summed E-state index contributed by atoms with van der Waals surface area (Å²) in [5.74, 6) is 1.75. The van der Waals surface area contributed by atoms with Crippen LogP contribution in [-0.4, -0.2) is 69.8 Å². The molecular weight excluding hydrogens is 639 g/mol. The maximum absolute atomic E-state index is 14.7. The van der Waals surface area contributed by atoms with Crippen LogP contribution in [0.3, 0.4) is 0 Å². The molecule has 0 fully saturated rings. The maximum atomic E-state index is 14.7. The largest absolute Gasteiger partial charge is 0.453 e. The van der Waals surface area contributed by atoms with E-state index in [0.29, 0.717) is 31.1 Å². The van der Waals surface area contributed by atoms with Gasteiger partial charge in [-0.05, 0) is 62.7 Å². The summed E-state index contributed by atoms with van der Waals surface area (Å²) in [6.45, 7) is 6.95. The van der Waals surface area contributed by atoms with Crippen molar-refractivity contribution in [3.05, 3.63) is 90.5 Å². The molecule has 0 radical (unpaired) electrons. The summed E-state index contributed by atoms with van der Waals surface area (Å²) in [5, 5.41) is 5.36. The van der Waals surface area contributed by atoms with Crippen LogP contribution in [0.4, 0.5) is 15.3 Å². The summed E-state index contributed by atoms with van der Waals surface area (Å²) in [6, 6.07) is 23.8. The molecule has 0 aliphatic carbocycles. The molecule has 0 aromatic heterocycles. The zero-order valence-corrected chi connectivity index (χ0v) is 28.3. The van der Waals surface area contributed by atoms with Crippen LogP contribution < -0.4 is 19.7 Å². The van der Waals surface area contributed by atoms with Gasteiger partial charge < -0.3 is 38.0 Å². The summed E-state index contributed by atoms with van der Waals surface area (Å²) in [6.07, 6.45) is 3.70. The van der Waals surface area contributed by atoms with Gasteiger partial charge in [-0.1, -0.05) is 54.5 Å². The van der Waals surface area contributed by atoms with Crippen molar-refractivity contribution in [2.45, 2.75) is 38.6 Å². The second-order valence-electron chi connectivity index (χ2n) is 11.2. The summed E-state index contributed by atoms with van der Waals surface area (Å²) in [4.78, 5) is 25.2. The normalized spacial score (nSPS) is 11.9. The van der Waals surface area contributed by atoms with Crippen molar-refractivity contribution in [2.75, 3.05) is 51.6 Å². The number of para-hydroxylation sites is 2. The van der Waals surface area contributed by atoms with Crippen LogP contribution in [0, 0.1) is 12.3 Å². The lowest BCUT2D eigenvalue weighted by Crippen LogP contribution is -2.39. The standard InChI is InChI=1S/C35H43N2O10P/c1-5-20-41-21-22-42-23-24-43-25-26-44-33(38)37-32(27-28-16-18-29(19-17-28)36-34(39)45-35(2,3)4)48(40,46-30-12-8-6-9-13-30)47-31-14-10-7-11-15-31/h1,6-19,32H,20-27H2,2-4H3,(H,36,39)(H,37,38). The fourth-order valence-corrected chi connectivity index (χ4v) is 5.78. The number of carbonyl (C=O) groups is 2. The van der Waals surface area contributed by atoms with E-state index in [2.05, 4.69) is 16.6 Å². The molecule has 12 nitrogen and oxygen atoms in total. The highest BCUT2D eigenvalue weighted by Gasteiger charge is 2.41. The van der Waals surface area contributed by atoms with Crippen molar-refractivity contribution in [1.29, 1.82) is 0 Å². The van der Waals surface area contributed by atoms with E-state index < -0.39 is 31.2 Å². The first kappa shape index (κ1) is 37.9. The third kappa shape index (κ3) is 14.9. The Hall–Kier alpha value is -4.53. The molecule has 0 aliphatic rings. The molecule has 0 saturated heterocycles. The zero-order chi connectivity index (χ0) is 34.7. The molecule has 0 spiro atoms. The van der Waals surface area contributed by atoms with E-state index in [-0.39, 0.29) is 44.3 Å². The van der Waals surface area contributed by atoms with Gasteiger partial charge in [-0.3, -0.25) is 5.32 Å². The van der Waals surface area contributed by atoms with E-state index >= 15 is 0 Å². The van der Waals surface area contributed by atoms with Crippen molar-refractivity contribution in [3.63, 3.8) is 0 Å². The Morgan fingerprint density at radius 2 is 1.27 bits per heavy atom. The van der Waals surface area contributed by atoms with Crippen LogP contribution in [0.5, 0.6) is 11.5 Å². The minimum atomic E-state index is -4.19. The first-order chi connectivity index (χ1) is 23.1.